The lowest BCUT2D eigenvalue weighted by Crippen LogP contribution is -2.54. The van der Waals surface area contributed by atoms with E-state index in [9.17, 15) is 14.7 Å². The van der Waals surface area contributed by atoms with Gasteiger partial charge in [0.2, 0.25) is 5.91 Å². The minimum absolute atomic E-state index is 0.00190. The van der Waals surface area contributed by atoms with E-state index >= 15 is 0 Å². The summed E-state index contributed by atoms with van der Waals surface area (Å²) in [6.45, 7) is 11.8. The number of carbonyl (C=O) groups excluding carboxylic acids is 1. The van der Waals surface area contributed by atoms with E-state index in [-0.39, 0.29) is 18.9 Å². The molecule has 0 bridgehead atoms. The lowest BCUT2D eigenvalue weighted by Gasteiger charge is -2.61. The van der Waals surface area contributed by atoms with Gasteiger partial charge < -0.3 is 15.5 Å². The molecule has 9 atom stereocenters. The number of aliphatic carboxylic acids is 1. The SMILES string of the molecule is C[C@H](CCC(=O)NCCC(=O)O)[C@H]1CC[C@H]2[C@@H]3CC[C@@H]4C[C@H](CC(C)(C)O)CC[C@]4(C)[C@H]3CC[C@]12C. The quantitative estimate of drug-likeness (QED) is 0.338. The van der Waals surface area contributed by atoms with Gasteiger partial charge in [-0.2, -0.15) is 0 Å². The lowest BCUT2D eigenvalue weighted by molar-refractivity contribution is -0.136. The van der Waals surface area contributed by atoms with Crippen LogP contribution in [0, 0.1) is 52.3 Å². The van der Waals surface area contributed by atoms with Crippen LogP contribution < -0.4 is 5.32 Å². The molecule has 0 unspecified atom stereocenters. The fourth-order valence-electron chi connectivity index (χ4n) is 10.2. The summed E-state index contributed by atoms with van der Waals surface area (Å²) in [5.74, 6) is 4.45. The Morgan fingerprint density at radius 2 is 1.67 bits per heavy atom. The first kappa shape index (κ1) is 27.9. The molecular formula is C31H53NO4. The standard InChI is InChI=1S/C31H53NO4/c1-20(6-11-27(33)32-17-14-28(34)35)24-9-10-25-23-8-7-22-18-21(19-29(2,3)36)12-15-30(22,4)26(23)13-16-31(24,25)5/h20-26,36H,6-19H2,1-5H3,(H,32,33)(H,34,35)/t20-,21-,22-,23+,24-,25+,26+,30+,31-/m1/s1. The molecule has 206 valence electrons. The van der Waals surface area contributed by atoms with Crippen LogP contribution in [0.1, 0.15) is 118 Å². The minimum atomic E-state index is -0.866. The molecule has 4 rings (SSSR count). The molecule has 0 aliphatic heterocycles. The molecule has 36 heavy (non-hydrogen) atoms. The summed E-state index contributed by atoms with van der Waals surface area (Å²) in [6, 6.07) is 0. The Labute approximate surface area is 219 Å². The molecule has 0 spiro atoms. The second-order valence-electron chi connectivity index (χ2n) is 14.6. The second kappa shape index (κ2) is 10.6. The third-order valence-electron chi connectivity index (χ3n) is 11.8. The van der Waals surface area contributed by atoms with E-state index in [0.717, 1.165) is 36.5 Å². The van der Waals surface area contributed by atoms with Gasteiger partial charge in [0.15, 0.2) is 0 Å². The number of carboxylic acid groups (broad SMARTS) is 1. The summed E-state index contributed by atoms with van der Waals surface area (Å²) >= 11 is 0. The predicted octanol–water partition coefficient (Wildman–Crippen LogP) is 6.43. The van der Waals surface area contributed by atoms with Crippen LogP contribution >= 0.6 is 0 Å². The van der Waals surface area contributed by atoms with Crippen molar-refractivity contribution in [3.05, 3.63) is 0 Å². The van der Waals surface area contributed by atoms with E-state index < -0.39 is 11.6 Å². The van der Waals surface area contributed by atoms with Gasteiger partial charge in [0, 0.05) is 13.0 Å². The number of carbonyl (C=O) groups is 2. The molecule has 4 aliphatic rings. The van der Waals surface area contributed by atoms with E-state index in [4.69, 9.17) is 5.11 Å². The van der Waals surface area contributed by atoms with Crippen molar-refractivity contribution in [2.75, 3.05) is 6.54 Å². The summed E-state index contributed by atoms with van der Waals surface area (Å²) in [7, 11) is 0. The summed E-state index contributed by atoms with van der Waals surface area (Å²) in [5, 5.41) is 22.0. The number of fused-ring (bicyclic) bond motifs is 5. The van der Waals surface area contributed by atoms with Crippen molar-refractivity contribution in [2.45, 2.75) is 124 Å². The van der Waals surface area contributed by atoms with Crippen LogP contribution in [0.5, 0.6) is 0 Å². The third kappa shape index (κ3) is 5.66. The molecule has 0 radical (unpaired) electrons. The van der Waals surface area contributed by atoms with E-state index in [2.05, 4.69) is 26.1 Å². The monoisotopic (exact) mass is 503 g/mol. The molecule has 3 N–H and O–H groups in total. The number of hydrogen-bond acceptors (Lipinski definition) is 3. The van der Waals surface area contributed by atoms with Gasteiger partial charge in [-0.3, -0.25) is 9.59 Å². The van der Waals surface area contributed by atoms with Gasteiger partial charge in [-0.05, 0) is 137 Å². The fraction of sp³-hybridized carbons (Fsp3) is 0.935. The van der Waals surface area contributed by atoms with Crippen molar-refractivity contribution < 1.29 is 19.8 Å². The maximum Gasteiger partial charge on any atom is 0.305 e. The van der Waals surface area contributed by atoms with Crippen LogP contribution in [-0.2, 0) is 9.59 Å². The summed E-state index contributed by atoms with van der Waals surface area (Å²) < 4.78 is 0. The number of aliphatic hydroxyl groups is 1. The molecule has 5 heteroatoms. The van der Waals surface area contributed by atoms with Gasteiger partial charge in [-0.1, -0.05) is 20.8 Å². The number of nitrogens with one attached hydrogen (secondary N) is 1. The molecule has 0 aromatic heterocycles. The van der Waals surface area contributed by atoms with Crippen LogP contribution in [0.25, 0.3) is 0 Å². The molecule has 4 fully saturated rings. The van der Waals surface area contributed by atoms with Crippen molar-refractivity contribution in [2.24, 2.45) is 52.3 Å². The Morgan fingerprint density at radius 1 is 0.972 bits per heavy atom. The van der Waals surface area contributed by atoms with E-state index in [1.165, 1.54) is 57.8 Å². The molecule has 1 amide bonds. The molecule has 5 nitrogen and oxygen atoms in total. The zero-order valence-electron chi connectivity index (χ0n) is 23.7. The van der Waals surface area contributed by atoms with Gasteiger partial charge in [0.05, 0.1) is 12.0 Å². The highest BCUT2D eigenvalue weighted by molar-refractivity contribution is 5.76. The van der Waals surface area contributed by atoms with Crippen molar-refractivity contribution in [3.63, 3.8) is 0 Å². The molecule has 4 saturated carbocycles. The van der Waals surface area contributed by atoms with Gasteiger partial charge in [0.1, 0.15) is 0 Å². The zero-order chi connectivity index (χ0) is 26.3. The number of rotatable bonds is 9. The summed E-state index contributed by atoms with van der Waals surface area (Å²) in [4.78, 5) is 22.9. The normalized spacial score (nSPS) is 41.1. The van der Waals surface area contributed by atoms with Crippen LogP contribution in [-0.4, -0.2) is 34.2 Å². The topological polar surface area (TPSA) is 86.6 Å². The highest BCUT2D eigenvalue weighted by Gasteiger charge is 2.60. The van der Waals surface area contributed by atoms with Crippen LogP contribution in [0.3, 0.4) is 0 Å². The Hall–Kier alpha value is -1.10. The molecule has 4 aliphatic carbocycles. The van der Waals surface area contributed by atoms with Crippen LogP contribution in [0.2, 0.25) is 0 Å². The molecule has 0 aromatic rings. The Kier molecular flexibility index (Phi) is 8.20. The van der Waals surface area contributed by atoms with Gasteiger partial charge in [-0.15, -0.1) is 0 Å². The molecular weight excluding hydrogens is 450 g/mol. The van der Waals surface area contributed by atoms with Crippen molar-refractivity contribution in [3.8, 4) is 0 Å². The molecule has 0 aromatic carbocycles. The highest BCUT2D eigenvalue weighted by atomic mass is 16.4. The van der Waals surface area contributed by atoms with Crippen LogP contribution in [0.15, 0.2) is 0 Å². The molecule has 0 heterocycles. The lowest BCUT2D eigenvalue weighted by atomic mass is 9.43. The first-order valence-electron chi connectivity index (χ1n) is 15.0. The fourth-order valence-corrected chi connectivity index (χ4v) is 10.2. The van der Waals surface area contributed by atoms with Crippen LogP contribution in [0.4, 0.5) is 0 Å². The second-order valence-corrected chi connectivity index (χ2v) is 14.6. The Balaban J connectivity index is 1.35. The van der Waals surface area contributed by atoms with Gasteiger partial charge in [-0.25, -0.2) is 0 Å². The minimum Gasteiger partial charge on any atom is -0.481 e. The number of carboxylic acids is 1. The maximum absolute atomic E-state index is 12.2. The average molecular weight is 504 g/mol. The van der Waals surface area contributed by atoms with E-state index in [1.807, 2.05) is 13.8 Å². The van der Waals surface area contributed by atoms with Gasteiger partial charge >= 0.3 is 5.97 Å². The number of hydrogen-bond donors (Lipinski definition) is 3. The smallest absolute Gasteiger partial charge is 0.305 e. The summed E-state index contributed by atoms with van der Waals surface area (Å²) in [6.07, 6.45) is 14.5. The first-order chi connectivity index (χ1) is 16.8. The summed E-state index contributed by atoms with van der Waals surface area (Å²) in [5.41, 5.74) is 0.344. The van der Waals surface area contributed by atoms with E-state index in [0.29, 0.717) is 35.0 Å². The predicted molar refractivity (Wildman–Crippen MR) is 143 cm³/mol. The highest BCUT2D eigenvalue weighted by Crippen LogP contribution is 2.68. The Morgan fingerprint density at radius 3 is 2.36 bits per heavy atom. The largest absolute Gasteiger partial charge is 0.481 e. The molecule has 0 saturated heterocycles. The van der Waals surface area contributed by atoms with Crippen molar-refractivity contribution >= 4 is 11.9 Å². The Bertz CT molecular complexity index is 805. The van der Waals surface area contributed by atoms with Gasteiger partial charge in [0.25, 0.3) is 0 Å². The third-order valence-corrected chi connectivity index (χ3v) is 11.8. The van der Waals surface area contributed by atoms with Crippen molar-refractivity contribution in [1.29, 1.82) is 0 Å². The average Bonchev–Trinajstić information content (AvgIpc) is 3.14. The van der Waals surface area contributed by atoms with Crippen molar-refractivity contribution in [1.82, 2.24) is 5.32 Å². The maximum atomic E-state index is 12.2. The van der Waals surface area contributed by atoms with E-state index in [1.54, 1.807) is 0 Å². The number of amides is 1. The zero-order valence-corrected chi connectivity index (χ0v) is 23.7. The first-order valence-corrected chi connectivity index (χ1v) is 15.0.